The SMILES string of the molecule is CSC(C)CNC(C)c1cc(C)ccc1O. The number of phenols is 1. The second kappa shape index (κ2) is 6.16. The van der Waals surface area contributed by atoms with Gasteiger partial charge in [-0.3, -0.25) is 0 Å². The van der Waals surface area contributed by atoms with Crippen LogP contribution in [0, 0.1) is 6.92 Å². The summed E-state index contributed by atoms with van der Waals surface area (Å²) in [4.78, 5) is 0. The standard InChI is InChI=1S/C13H21NOS/c1-9-5-6-13(15)12(7-9)11(3)14-8-10(2)16-4/h5-7,10-11,14-15H,8H2,1-4H3. The highest BCUT2D eigenvalue weighted by Gasteiger charge is 2.10. The normalized spacial score (nSPS) is 14.8. The van der Waals surface area contributed by atoms with Crippen molar-refractivity contribution in [1.82, 2.24) is 5.32 Å². The molecule has 3 heteroatoms. The number of benzene rings is 1. The monoisotopic (exact) mass is 239 g/mol. The number of hydrogen-bond acceptors (Lipinski definition) is 3. The van der Waals surface area contributed by atoms with Crippen molar-refractivity contribution in [3.05, 3.63) is 29.3 Å². The van der Waals surface area contributed by atoms with Crippen molar-refractivity contribution in [2.45, 2.75) is 32.1 Å². The van der Waals surface area contributed by atoms with E-state index in [-0.39, 0.29) is 6.04 Å². The second-order valence-electron chi connectivity index (χ2n) is 4.24. The first-order valence-corrected chi connectivity index (χ1v) is 6.89. The summed E-state index contributed by atoms with van der Waals surface area (Å²) in [7, 11) is 0. The van der Waals surface area contributed by atoms with E-state index in [9.17, 15) is 5.11 Å². The van der Waals surface area contributed by atoms with Gasteiger partial charge in [-0.25, -0.2) is 0 Å². The summed E-state index contributed by atoms with van der Waals surface area (Å²) in [5, 5.41) is 13.8. The van der Waals surface area contributed by atoms with Gasteiger partial charge in [-0.1, -0.05) is 24.6 Å². The molecular weight excluding hydrogens is 218 g/mol. The van der Waals surface area contributed by atoms with Crippen LogP contribution in [0.2, 0.25) is 0 Å². The summed E-state index contributed by atoms with van der Waals surface area (Å²) in [5.41, 5.74) is 2.16. The molecule has 1 rings (SSSR count). The summed E-state index contributed by atoms with van der Waals surface area (Å²) in [5.74, 6) is 0.377. The Hall–Kier alpha value is -0.670. The van der Waals surface area contributed by atoms with Gasteiger partial charge in [0.05, 0.1) is 0 Å². The number of rotatable bonds is 5. The van der Waals surface area contributed by atoms with Crippen LogP contribution in [-0.4, -0.2) is 23.2 Å². The Morgan fingerprint density at radius 3 is 2.69 bits per heavy atom. The van der Waals surface area contributed by atoms with Gasteiger partial charge in [0.1, 0.15) is 5.75 Å². The van der Waals surface area contributed by atoms with Crippen molar-refractivity contribution in [3.8, 4) is 5.75 Å². The maximum Gasteiger partial charge on any atom is 0.120 e. The molecule has 2 N–H and O–H groups in total. The Balaban J connectivity index is 2.65. The van der Waals surface area contributed by atoms with Crippen LogP contribution in [0.4, 0.5) is 0 Å². The molecule has 90 valence electrons. The summed E-state index contributed by atoms with van der Waals surface area (Å²) in [6.45, 7) is 7.28. The predicted molar refractivity (Wildman–Crippen MR) is 72.2 cm³/mol. The molecular formula is C13H21NOS. The van der Waals surface area contributed by atoms with Crippen LogP contribution in [0.15, 0.2) is 18.2 Å². The van der Waals surface area contributed by atoms with Crippen molar-refractivity contribution in [2.75, 3.05) is 12.8 Å². The topological polar surface area (TPSA) is 32.3 Å². The van der Waals surface area contributed by atoms with E-state index < -0.39 is 0 Å². The van der Waals surface area contributed by atoms with Gasteiger partial charge in [-0.15, -0.1) is 0 Å². The molecule has 0 fully saturated rings. The third-order valence-corrected chi connectivity index (χ3v) is 3.73. The molecule has 0 saturated carbocycles. The molecule has 16 heavy (non-hydrogen) atoms. The molecule has 1 aromatic carbocycles. The van der Waals surface area contributed by atoms with Crippen LogP contribution in [0.25, 0.3) is 0 Å². The zero-order valence-corrected chi connectivity index (χ0v) is 11.3. The van der Waals surface area contributed by atoms with Crippen LogP contribution in [-0.2, 0) is 0 Å². The van der Waals surface area contributed by atoms with Crippen molar-refractivity contribution in [1.29, 1.82) is 0 Å². The molecule has 0 saturated heterocycles. The molecule has 0 spiro atoms. The zero-order valence-electron chi connectivity index (χ0n) is 10.4. The van der Waals surface area contributed by atoms with Crippen molar-refractivity contribution in [3.63, 3.8) is 0 Å². The van der Waals surface area contributed by atoms with Gasteiger partial charge in [-0.05, 0) is 26.2 Å². The smallest absolute Gasteiger partial charge is 0.120 e. The highest BCUT2D eigenvalue weighted by atomic mass is 32.2. The predicted octanol–water partition coefficient (Wildman–Crippen LogP) is 3.10. The van der Waals surface area contributed by atoms with Gasteiger partial charge in [0, 0.05) is 23.4 Å². The average molecular weight is 239 g/mol. The quantitative estimate of drug-likeness (QED) is 0.828. The minimum atomic E-state index is 0.189. The first kappa shape index (κ1) is 13.4. The summed E-state index contributed by atoms with van der Waals surface area (Å²) in [6.07, 6.45) is 2.11. The summed E-state index contributed by atoms with van der Waals surface area (Å²) in [6, 6.07) is 5.92. The van der Waals surface area contributed by atoms with Crippen LogP contribution >= 0.6 is 11.8 Å². The Bertz CT molecular complexity index is 341. The molecule has 0 aliphatic heterocycles. The van der Waals surface area contributed by atoms with Gasteiger partial charge >= 0.3 is 0 Å². The molecule has 2 nitrogen and oxygen atoms in total. The molecule has 0 aromatic heterocycles. The molecule has 1 aromatic rings. The fraction of sp³-hybridized carbons (Fsp3) is 0.538. The summed E-state index contributed by atoms with van der Waals surface area (Å²) < 4.78 is 0. The van der Waals surface area contributed by atoms with E-state index in [0.717, 1.165) is 12.1 Å². The Morgan fingerprint density at radius 1 is 1.38 bits per heavy atom. The van der Waals surface area contributed by atoms with Crippen molar-refractivity contribution >= 4 is 11.8 Å². The van der Waals surface area contributed by atoms with Crippen LogP contribution < -0.4 is 5.32 Å². The Labute approximate surface area is 102 Å². The van der Waals surface area contributed by atoms with E-state index >= 15 is 0 Å². The third kappa shape index (κ3) is 3.72. The zero-order chi connectivity index (χ0) is 12.1. The Kier molecular flexibility index (Phi) is 5.16. The lowest BCUT2D eigenvalue weighted by Crippen LogP contribution is -2.25. The minimum absolute atomic E-state index is 0.189. The number of nitrogens with one attached hydrogen (secondary N) is 1. The lowest BCUT2D eigenvalue weighted by atomic mass is 10.0. The average Bonchev–Trinajstić information content (AvgIpc) is 2.28. The van der Waals surface area contributed by atoms with E-state index in [2.05, 4.69) is 25.4 Å². The van der Waals surface area contributed by atoms with Crippen LogP contribution in [0.3, 0.4) is 0 Å². The van der Waals surface area contributed by atoms with Crippen molar-refractivity contribution < 1.29 is 5.11 Å². The maximum atomic E-state index is 9.78. The van der Waals surface area contributed by atoms with Gasteiger partial charge in [0.2, 0.25) is 0 Å². The first-order valence-electron chi connectivity index (χ1n) is 5.60. The van der Waals surface area contributed by atoms with Gasteiger partial charge in [0.25, 0.3) is 0 Å². The number of aryl methyl sites for hydroxylation is 1. The van der Waals surface area contributed by atoms with E-state index in [1.807, 2.05) is 30.8 Å². The molecule has 0 amide bonds. The van der Waals surface area contributed by atoms with Crippen LogP contribution in [0.5, 0.6) is 5.75 Å². The minimum Gasteiger partial charge on any atom is -0.508 e. The van der Waals surface area contributed by atoms with Gasteiger partial charge in [0.15, 0.2) is 0 Å². The second-order valence-corrected chi connectivity index (χ2v) is 5.51. The van der Waals surface area contributed by atoms with E-state index in [1.54, 1.807) is 6.07 Å². The fourth-order valence-electron chi connectivity index (χ4n) is 1.56. The molecule has 0 radical (unpaired) electrons. The fourth-order valence-corrected chi connectivity index (χ4v) is 1.82. The molecule has 0 bridgehead atoms. The Morgan fingerprint density at radius 2 is 2.06 bits per heavy atom. The third-order valence-electron chi connectivity index (χ3n) is 2.76. The van der Waals surface area contributed by atoms with Crippen molar-refractivity contribution in [2.24, 2.45) is 0 Å². The number of aromatic hydroxyl groups is 1. The van der Waals surface area contributed by atoms with Gasteiger partial charge < -0.3 is 10.4 Å². The highest BCUT2D eigenvalue weighted by molar-refractivity contribution is 7.99. The summed E-state index contributed by atoms with van der Waals surface area (Å²) >= 11 is 1.84. The van der Waals surface area contributed by atoms with Gasteiger partial charge in [-0.2, -0.15) is 11.8 Å². The molecule has 2 unspecified atom stereocenters. The molecule has 0 aliphatic rings. The number of hydrogen-bond donors (Lipinski definition) is 2. The van der Waals surface area contributed by atoms with E-state index in [1.165, 1.54) is 5.56 Å². The molecule has 2 atom stereocenters. The van der Waals surface area contributed by atoms with Crippen LogP contribution in [0.1, 0.15) is 31.0 Å². The lowest BCUT2D eigenvalue weighted by Gasteiger charge is -2.18. The maximum absolute atomic E-state index is 9.78. The highest BCUT2D eigenvalue weighted by Crippen LogP contribution is 2.25. The number of thioether (sulfide) groups is 1. The largest absolute Gasteiger partial charge is 0.508 e. The number of phenolic OH excluding ortho intramolecular Hbond substituents is 1. The molecule has 0 aliphatic carbocycles. The van der Waals surface area contributed by atoms with E-state index in [4.69, 9.17) is 0 Å². The molecule has 0 heterocycles. The lowest BCUT2D eigenvalue weighted by molar-refractivity contribution is 0.453. The first-order chi connectivity index (χ1) is 7.54. The van der Waals surface area contributed by atoms with E-state index in [0.29, 0.717) is 11.0 Å².